The number of aromatic nitrogens is 1. The molecule has 0 spiro atoms. The first-order chi connectivity index (χ1) is 13.9. The summed E-state index contributed by atoms with van der Waals surface area (Å²) in [6, 6.07) is 3.54. The Bertz CT molecular complexity index is 855. The van der Waals surface area contributed by atoms with Crippen LogP contribution in [0.3, 0.4) is 0 Å². The molecular formula is C22H28F2N2O2S. The Balaban J connectivity index is 1.35. The van der Waals surface area contributed by atoms with E-state index in [2.05, 4.69) is 9.88 Å². The van der Waals surface area contributed by atoms with E-state index in [-0.39, 0.29) is 0 Å². The Morgan fingerprint density at radius 3 is 2.83 bits per heavy atom. The van der Waals surface area contributed by atoms with E-state index in [1.807, 2.05) is 6.92 Å². The van der Waals surface area contributed by atoms with Crippen LogP contribution in [-0.4, -0.2) is 41.2 Å². The Morgan fingerprint density at radius 2 is 2.07 bits per heavy atom. The summed E-state index contributed by atoms with van der Waals surface area (Å²) in [5.41, 5.74) is 0.0545. The van der Waals surface area contributed by atoms with Gasteiger partial charge in [-0.25, -0.2) is 13.8 Å². The molecule has 1 N–H and O–H groups in total. The van der Waals surface area contributed by atoms with Crippen LogP contribution in [0, 0.1) is 24.5 Å². The molecule has 1 unspecified atom stereocenters. The van der Waals surface area contributed by atoms with Crippen LogP contribution in [-0.2, 0) is 12.0 Å². The molecule has 2 aromatic rings. The number of nitrogens with zero attached hydrogens (tertiary/aromatic N) is 2. The summed E-state index contributed by atoms with van der Waals surface area (Å²) >= 11 is 1.55. The van der Waals surface area contributed by atoms with Crippen LogP contribution in [0.4, 0.5) is 8.78 Å². The maximum absolute atomic E-state index is 13.3. The quantitative estimate of drug-likeness (QED) is 0.717. The minimum atomic E-state index is -0.912. The highest BCUT2D eigenvalue weighted by atomic mass is 32.1. The lowest BCUT2D eigenvalue weighted by Crippen LogP contribution is -2.30. The molecule has 158 valence electrons. The van der Waals surface area contributed by atoms with E-state index in [1.54, 1.807) is 11.3 Å². The number of hydrogen-bond acceptors (Lipinski definition) is 5. The van der Waals surface area contributed by atoms with Crippen LogP contribution in [0.1, 0.15) is 47.7 Å². The van der Waals surface area contributed by atoms with Crippen molar-refractivity contribution in [1.82, 2.24) is 9.88 Å². The second-order valence-corrected chi connectivity index (χ2v) is 9.41. The molecule has 7 heteroatoms. The zero-order valence-corrected chi connectivity index (χ0v) is 17.6. The van der Waals surface area contributed by atoms with Crippen molar-refractivity contribution in [2.24, 2.45) is 5.92 Å². The number of thiazole rings is 1. The van der Waals surface area contributed by atoms with Gasteiger partial charge in [-0.3, -0.25) is 0 Å². The SMILES string of the molecule is Cc1nc(C2(O)CCCN(CC3CC3)CC2)sc1CCOc1ccc(F)c(F)c1. The van der Waals surface area contributed by atoms with Crippen molar-refractivity contribution in [3.63, 3.8) is 0 Å². The van der Waals surface area contributed by atoms with Gasteiger partial charge in [0.1, 0.15) is 16.4 Å². The second-order valence-electron chi connectivity index (χ2n) is 8.33. The van der Waals surface area contributed by atoms with Gasteiger partial charge in [-0.15, -0.1) is 11.3 Å². The van der Waals surface area contributed by atoms with E-state index in [0.29, 0.717) is 18.8 Å². The van der Waals surface area contributed by atoms with Crippen LogP contribution in [0.2, 0.25) is 0 Å². The normalized spacial score (nSPS) is 23.2. The van der Waals surface area contributed by atoms with E-state index in [0.717, 1.165) is 66.0 Å². The fourth-order valence-electron chi connectivity index (χ4n) is 3.92. The zero-order valence-electron chi connectivity index (χ0n) is 16.8. The summed E-state index contributed by atoms with van der Waals surface area (Å²) in [6.07, 6.45) is 5.76. The van der Waals surface area contributed by atoms with Gasteiger partial charge >= 0.3 is 0 Å². The van der Waals surface area contributed by atoms with Crippen LogP contribution in [0.5, 0.6) is 5.75 Å². The predicted molar refractivity (Wildman–Crippen MR) is 109 cm³/mol. The van der Waals surface area contributed by atoms with Gasteiger partial charge in [0, 0.05) is 30.5 Å². The third-order valence-electron chi connectivity index (χ3n) is 5.90. The molecule has 4 nitrogen and oxygen atoms in total. The van der Waals surface area contributed by atoms with Crippen molar-refractivity contribution in [3.05, 3.63) is 45.4 Å². The van der Waals surface area contributed by atoms with Crippen LogP contribution in [0.15, 0.2) is 18.2 Å². The van der Waals surface area contributed by atoms with Gasteiger partial charge in [0.25, 0.3) is 0 Å². The number of halogens is 2. The van der Waals surface area contributed by atoms with Crippen molar-refractivity contribution in [2.75, 3.05) is 26.2 Å². The van der Waals surface area contributed by atoms with E-state index in [1.165, 1.54) is 25.5 Å². The molecule has 2 heterocycles. The number of aryl methyl sites for hydroxylation is 1. The third kappa shape index (κ3) is 5.13. The van der Waals surface area contributed by atoms with Crippen LogP contribution < -0.4 is 4.74 Å². The van der Waals surface area contributed by atoms with Gasteiger partial charge in [-0.1, -0.05) is 0 Å². The molecule has 1 atom stereocenters. The van der Waals surface area contributed by atoms with E-state index >= 15 is 0 Å². The number of aliphatic hydroxyl groups is 1. The molecule has 1 aromatic carbocycles. The van der Waals surface area contributed by atoms with E-state index in [9.17, 15) is 13.9 Å². The van der Waals surface area contributed by atoms with Gasteiger partial charge in [-0.2, -0.15) is 0 Å². The highest BCUT2D eigenvalue weighted by molar-refractivity contribution is 7.11. The first-order valence-corrected chi connectivity index (χ1v) is 11.2. The first-order valence-electron chi connectivity index (χ1n) is 10.4. The summed E-state index contributed by atoms with van der Waals surface area (Å²) < 4.78 is 31.9. The maximum atomic E-state index is 13.3. The van der Waals surface area contributed by atoms with Crippen LogP contribution >= 0.6 is 11.3 Å². The van der Waals surface area contributed by atoms with Gasteiger partial charge in [0.15, 0.2) is 11.6 Å². The van der Waals surface area contributed by atoms with Crippen molar-refractivity contribution >= 4 is 11.3 Å². The summed E-state index contributed by atoms with van der Waals surface area (Å²) in [5.74, 6) is -0.619. The van der Waals surface area contributed by atoms with Crippen molar-refractivity contribution in [3.8, 4) is 5.75 Å². The molecule has 1 aliphatic heterocycles. The van der Waals surface area contributed by atoms with Crippen molar-refractivity contribution < 1.29 is 18.6 Å². The molecule has 1 aromatic heterocycles. The lowest BCUT2D eigenvalue weighted by molar-refractivity contribution is 0.0208. The minimum Gasteiger partial charge on any atom is -0.493 e. The molecule has 1 aliphatic carbocycles. The first kappa shape index (κ1) is 20.7. The lowest BCUT2D eigenvalue weighted by Gasteiger charge is -2.24. The summed E-state index contributed by atoms with van der Waals surface area (Å²) in [5, 5.41) is 12.1. The molecule has 0 bridgehead atoms. The number of ether oxygens (including phenoxy) is 1. The van der Waals surface area contributed by atoms with Gasteiger partial charge < -0.3 is 14.7 Å². The topological polar surface area (TPSA) is 45.6 Å². The lowest BCUT2D eigenvalue weighted by atomic mass is 9.96. The highest BCUT2D eigenvalue weighted by Gasteiger charge is 2.36. The summed E-state index contributed by atoms with van der Waals surface area (Å²) in [4.78, 5) is 8.24. The Morgan fingerprint density at radius 1 is 1.24 bits per heavy atom. The molecule has 0 amide bonds. The zero-order chi connectivity index (χ0) is 20.4. The average Bonchev–Trinajstić information content (AvgIpc) is 3.46. The fourth-order valence-corrected chi connectivity index (χ4v) is 5.11. The predicted octanol–water partition coefficient (Wildman–Crippen LogP) is 4.43. The molecular weight excluding hydrogens is 394 g/mol. The van der Waals surface area contributed by atoms with Crippen molar-refractivity contribution in [1.29, 1.82) is 0 Å². The van der Waals surface area contributed by atoms with Crippen LogP contribution in [0.25, 0.3) is 0 Å². The van der Waals surface area contributed by atoms with Gasteiger partial charge in [-0.05, 0) is 63.6 Å². The number of rotatable bonds is 7. The Kier molecular flexibility index (Phi) is 6.18. The van der Waals surface area contributed by atoms with E-state index in [4.69, 9.17) is 4.74 Å². The number of likely N-dealkylation sites (tertiary alicyclic amines) is 1. The standard InChI is InChI=1S/C22H28F2N2O2S/c1-15-20(7-12-28-17-5-6-18(23)19(24)13-17)29-21(25-15)22(27)8-2-10-26(11-9-22)14-16-3-4-16/h5-6,13,16,27H,2-4,7-12,14H2,1H3. The largest absolute Gasteiger partial charge is 0.493 e. The Hall–Kier alpha value is -1.57. The number of benzene rings is 1. The second kappa shape index (κ2) is 8.66. The molecule has 4 rings (SSSR count). The molecule has 1 saturated carbocycles. The summed E-state index contributed by atoms with van der Waals surface area (Å²) in [7, 11) is 0. The molecule has 2 fully saturated rings. The van der Waals surface area contributed by atoms with E-state index < -0.39 is 17.2 Å². The third-order valence-corrected chi connectivity index (χ3v) is 7.31. The average molecular weight is 423 g/mol. The smallest absolute Gasteiger partial charge is 0.162 e. The highest BCUT2D eigenvalue weighted by Crippen LogP contribution is 2.38. The molecule has 0 radical (unpaired) electrons. The monoisotopic (exact) mass is 422 g/mol. The molecule has 29 heavy (non-hydrogen) atoms. The Labute approximate surface area is 174 Å². The summed E-state index contributed by atoms with van der Waals surface area (Å²) in [6.45, 7) is 5.44. The van der Waals surface area contributed by atoms with Gasteiger partial charge in [0.05, 0.1) is 12.3 Å². The molecule has 2 aliphatic rings. The molecule has 1 saturated heterocycles. The maximum Gasteiger partial charge on any atom is 0.162 e. The van der Waals surface area contributed by atoms with Crippen molar-refractivity contribution in [2.45, 2.75) is 51.0 Å². The van der Waals surface area contributed by atoms with Gasteiger partial charge in [0.2, 0.25) is 0 Å². The fraction of sp³-hybridized carbons (Fsp3) is 0.591. The number of hydrogen-bond donors (Lipinski definition) is 1. The minimum absolute atomic E-state index is 0.310.